The van der Waals surface area contributed by atoms with Crippen LogP contribution >= 0.6 is 0 Å². The van der Waals surface area contributed by atoms with Crippen molar-refractivity contribution in [2.75, 3.05) is 0 Å². The number of nitrogens with two attached hydrogens (primary N) is 2. The quantitative estimate of drug-likeness (QED) is 0.236. The SMILES string of the molecule is CC#CC(=O)N[C@@H]1C=C(c2c(F)cc(C(N)=O)c3c2C2=C(CCC2)C3)CCC1.CC#CC(=O)N[C@H]1CCC=C(c2c(F)cc(C(N)=O)c3c2C2=C(CCC2)C3)C1. The Morgan fingerprint density at radius 1 is 0.679 bits per heavy atom. The van der Waals surface area contributed by atoms with Crippen LogP contribution in [0.25, 0.3) is 22.3 Å². The second-order valence-corrected chi connectivity index (χ2v) is 15.3. The summed E-state index contributed by atoms with van der Waals surface area (Å²) in [6.07, 6.45) is 15.9. The van der Waals surface area contributed by atoms with Gasteiger partial charge in [-0.05, 0) is 172 Å². The number of allylic oxidation sites excluding steroid dienone is 6. The van der Waals surface area contributed by atoms with E-state index < -0.39 is 23.4 Å². The highest BCUT2D eigenvalue weighted by Crippen LogP contribution is 2.50. The molecule has 0 radical (unpaired) electrons. The van der Waals surface area contributed by atoms with Crippen LogP contribution in [0.3, 0.4) is 0 Å². The lowest BCUT2D eigenvalue weighted by molar-refractivity contribution is -0.117. The molecule has 6 aliphatic rings. The lowest BCUT2D eigenvalue weighted by Crippen LogP contribution is -2.35. The van der Waals surface area contributed by atoms with Crippen molar-refractivity contribution in [2.24, 2.45) is 11.5 Å². The summed E-state index contributed by atoms with van der Waals surface area (Å²) in [5.74, 6) is 7.59. The topological polar surface area (TPSA) is 144 Å². The number of benzene rings is 2. The van der Waals surface area contributed by atoms with E-state index >= 15 is 8.78 Å². The highest BCUT2D eigenvalue weighted by atomic mass is 19.1. The second-order valence-electron chi connectivity index (χ2n) is 15.3. The van der Waals surface area contributed by atoms with Gasteiger partial charge in [-0.25, -0.2) is 8.78 Å². The molecule has 0 bridgehead atoms. The summed E-state index contributed by atoms with van der Waals surface area (Å²) in [4.78, 5) is 47.5. The number of carbonyl (C=O) groups excluding carboxylic acids is 4. The molecular weight excluding hydrogens is 711 g/mol. The molecule has 0 aliphatic heterocycles. The second kappa shape index (κ2) is 16.2. The van der Waals surface area contributed by atoms with Crippen molar-refractivity contribution in [3.63, 3.8) is 0 Å². The molecule has 2 aromatic rings. The molecule has 0 unspecified atom stereocenters. The van der Waals surface area contributed by atoms with Crippen LogP contribution in [0.5, 0.6) is 0 Å². The molecule has 0 saturated heterocycles. The Labute approximate surface area is 326 Å². The Balaban J connectivity index is 0.000000172. The Morgan fingerprint density at radius 2 is 1.21 bits per heavy atom. The molecule has 8 nitrogen and oxygen atoms in total. The number of nitrogens with one attached hydrogen (secondary N) is 2. The average molecular weight is 757 g/mol. The van der Waals surface area contributed by atoms with Gasteiger partial charge < -0.3 is 22.1 Å². The maximum absolute atomic E-state index is 15.2. The first-order valence-electron chi connectivity index (χ1n) is 19.6. The fourth-order valence-electron chi connectivity index (χ4n) is 9.65. The predicted octanol–water partition coefficient (Wildman–Crippen LogP) is 6.99. The lowest BCUT2D eigenvalue weighted by atomic mass is 9.83. The van der Waals surface area contributed by atoms with Crippen LogP contribution < -0.4 is 22.1 Å². The Morgan fingerprint density at radius 3 is 1.75 bits per heavy atom. The summed E-state index contributed by atoms with van der Waals surface area (Å²) in [5, 5.41) is 5.81. The van der Waals surface area contributed by atoms with Crippen LogP contribution in [-0.2, 0) is 22.4 Å². The van der Waals surface area contributed by atoms with Crippen LogP contribution in [0.1, 0.15) is 145 Å². The van der Waals surface area contributed by atoms with Crippen LogP contribution in [0.15, 0.2) is 35.4 Å². The van der Waals surface area contributed by atoms with Gasteiger partial charge in [-0.2, -0.15) is 0 Å². The van der Waals surface area contributed by atoms with Gasteiger partial charge in [0.1, 0.15) is 11.6 Å². The van der Waals surface area contributed by atoms with Gasteiger partial charge in [0.2, 0.25) is 11.8 Å². The molecule has 0 spiro atoms. The van der Waals surface area contributed by atoms with Crippen molar-refractivity contribution in [3.8, 4) is 23.7 Å². The molecule has 8 rings (SSSR count). The zero-order valence-electron chi connectivity index (χ0n) is 31.9. The third-order valence-electron chi connectivity index (χ3n) is 11.9. The monoisotopic (exact) mass is 756 g/mol. The molecular formula is C46H46F2N4O4. The van der Waals surface area contributed by atoms with Crippen molar-refractivity contribution >= 4 is 45.9 Å². The van der Waals surface area contributed by atoms with Gasteiger partial charge in [-0.1, -0.05) is 35.1 Å². The minimum atomic E-state index is -0.580. The molecule has 6 aliphatic carbocycles. The molecule has 2 aromatic carbocycles. The van der Waals surface area contributed by atoms with Crippen LogP contribution in [0.4, 0.5) is 8.78 Å². The molecule has 4 amide bonds. The van der Waals surface area contributed by atoms with Crippen LogP contribution in [0, 0.1) is 35.3 Å². The summed E-state index contributed by atoms with van der Waals surface area (Å²) in [6, 6.07) is 2.35. The number of primary amides is 2. The van der Waals surface area contributed by atoms with E-state index in [9.17, 15) is 19.2 Å². The minimum absolute atomic E-state index is 0.0716. The maximum Gasteiger partial charge on any atom is 0.296 e. The molecule has 6 N–H and O–H groups in total. The maximum atomic E-state index is 15.2. The van der Waals surface area contributed by atoms with E-state index in [0.29, 0.717) is 41.5 Å². The van der Waals surface area contributed by atoms with Crippen molar-refractivity contribution in [1.29, 1.82) is 0 Å². The third kappa shape index (κ3) is 7.45. The van der Waals surface area contributed by atoms with Crippen molar-refractivity contribution in [1.82, 2.24) is 10.6 Å². The predicted molar refractivity (Wildman–Crippen MR) is 213 cm³/mol. The van der Waals surface area contributed by atoms with Crippen LogP contribution in [0.2, 0.25) is 0 Å². The first-order valence-corrected chi connectivity index (χ1v) is 19.6. The first-order chi connectivity index (χ1) is 27.0. The molecule has 0 saturated carbocycles. The minimum Gasteiger partial charge on any atom is -0.366 e. The Bertz CT molecular complexity index is 2340. The van der Waals surface area contributed by atoms with Gasteiger partial charge >= 0.3 is 0 Å². The molecule has 0 fully saturated rings. The number of fused-ring (bicyclic) bond motifs is 4. The summed E-state index contributed by atoms with van der Waals surface area (Å²) in [6.45, 7) is 3.24. The van der Waals surface area contributed by atoms with E-state index in [1.54, 1.807) is 13.8 Å². The van der Waals surface area contributed by atoms with E-state index in [4.69, 9.17) is 11.5 Å². The van der Waals surface area contributed by atoms with Crippen LogP contribution in [-0.4, -0.2) is 35.7 Å². The number of hydrogen-bond acceptors (Lipinski definition) is 4. The zero-order chi connectivity index (χ0) is 39.7. The third-order valence-corrected chi connectivity index (χ3v) is 11.9. The molecule has 0 heterocycles. The summed E-state index contributed by atoms with van der Waals surface area (Å²) >= 11 is 0. The summed E-state index contributed by atoms with van der Waals surface area (Å²) < 4.78 is 30.5. The molecule has 2 atom stereocenters. The fourth-order valence-corrected chi connectivity index (χ4v) is 9.65. The molecule has 0 aromatic heterocycles. The van der Waals surface area contributed by atoms with E-state index in [1.165, 1.54) is 34.4 Å². The number of rotatable bonds is 6. The van der Waals surface area contributed by atoms with E-state index in [2.05, 4.69) is 40.4 Å². The molecule has 10 heteroatoms. The van der Waals surface area contributed by atoms with E-state index in [1.807, 2.05) is 6.08 Å². The lowest BCUT2D eigenvalue weighted by Gasteiger charge is -2.26. The van der Waals surface area contributed by atoms with Gasteiger partial charge in [0, 0.05) is 34.3 Å². The number of amides is 4. The van der Waals surface area contributed by atoms with Gasteiger partial charge in [0.15, 0.2) is 0 Å². The zero-order valence-corrected chi connectivity index (χ0v) is 31.9. The Kier molecular flexibility index (Phi) is 11.1. The van der Waals surface area contributed by atoms with Crippen molar-refractivity contribution in [3.05, 3.63) is 91.6 Å². The normalized spacial score (nSPS) is 20.1. The van der Waals surface area contributed by atoms with Crippen molar-refractivity contribution in [2.45, 2.75) is 116 Å². The number of halogens is 2. The molecule has 56 heavy (non-hydrogen) atoms. The molecule has 288 valence electrons. The smallest absolute Gasteiger partial charge is 0.296 e. The first kappa shape index (κ1) is 38.5. The highest BCUT2D eigenvalue weighted by molar-refractivity contribution is 6.01. The average Bonchev–Trinajstić information content (AvgIpc) is 3.95. The highest BCUT2D eigenvalue weighted by Gasteiger charge is 2.36. The van der Waals surface area contributed by atoms with Gasteiger partial charge in [-0.3, -0.25) is 19.2 Å². The van der Waals surface area contributed by atoms with Gasteiger partial charge in [-0.15, -0.1) is 0 Å². The standard InChI is InChI=1S/2C23H23FN2O2/c2*1-2-5-20(27)26-15-8-3-7-14(10-15)21-19(24)12-18(23(25)28)17-11-13-6-4-9-16(13)22(17)21/h10,12,15H,3-4,6-9,11H2,1H3,(H2,25,28)(H,26,27);7,12,15H,3-4,6,8-11H2,1H3,(H2,25,28)(H,26,27)/t2*15-/m00/s1. The summed E-state index contributed by atoms with van der Waals surface area (Å²) in [7, 11) is 0. The number of carbonyl (C=O) groups is 4. The van der Waals surface area contributed by atoms with E-state index in [-0.39, 0.29) is 23.9 Å². The largest absolute Gasteiger partial charge is 0.366 e. The Hall–Kier alpha value is -5.74. The number of hydrogen-bond donors (Lipinski definition) is 4. The van der Waals surface area contributed by atoms with Gasteiger partial charge in [0.05, 0.1) is 0 Å². The fraction of sp³-hybridized carbons (Fsp3) is 0.391. The van der Waals surface area contributed by atoms with Crippen molar-refractivity contribution < 1.29 is 28.0 Å². The summed E-state index contributed by atoms with van der Waals surface area (Å²) in [5.41, 5.74) is 23.2. The van der Waals surface area contributed by atoms with E-state index in [0.717, 1.165) is 104 Å². The van der Waals surface area contributed by atoms with Gasteiger partial charge in [0.25, 0.3) is 11.8 Å².